The summed E-state index contributed by atoms with van der Waals surface area (Å²) in [6.07, 6.45) is 0.0713. The molecule has 19 heavy (non-hydrogen) atoms. The van der Waals surface area contributed by atoms with Crippen molar-refractivity contribution in [2.75, 3.05) is 0 Å². The van der Waals surface area contributed by atoms with E-state index in [0.717, 1.165) is 11.0 Å². The van der Waals surface area contributed by atoms with Gasteiger partial charge in [-0.05, 0) is 19.1 Å². The van der Waals surface area contributed by atoms with Gasteiger partial charge in [-0.15, -0.1) is 0 Å². The molecule has 0 bridgehead atoms. The van der Waals surface area contributed by atoms with Gasteiger partial charge in [0.05, 0.1) is 17.5 Å². The van der Waals surface area contributed by atoms with E-state index in [1.165, 1.54) is 0 Å². The Labute approximate surface area is 109 Å². The predicted molar refractivity (Wildman–Crippen MR) is 69.9 cm³/mol. The Bertz CT molecular complexity index is 644. The van der Waals surface area contributed by atoms with Crippen molar-refractivity contribution in [3.63, 3.8) is 0 Å². The molecular formula is C12H16N4O3. The maximum absolute atomic E-state index is 12.2. The first-order chi connectivity index (χ1) is 9.19. The van der Waals surface area contributed by atoms with E-state index in [0.29, 0.717) is 6.54 Å². The van der Waals surface area contributed by atoms with Crippen molar-refractivity contribution in [3.8, 4) is 0 Å². The van der Waals surface area contributed by atoms with Crippen molar-refractivity contribution in [2.24, 2.45) is 5.84 Å². The zero-order valence-corrected chi connectivity index (χ0v) is 10.6. The topological polar surface area (TPSA) is 91.3 Å². The highest BCUT2D eigenvalue weighted by molar-refractivity contribution is 5.76. The molecule has 0 atom stereocenters. The first-order valence-electron chi connectivity index (χ1n) is 6.02. The maximum atomic E-state index is 12.2. The van der Waals surface area contributed by atoms with Gasteiger partial charge in [-0.2, -0.15) is 0 Å². The lowest BCUT2D eigenvalue weighted by atomic mass is 10.3. The van der Waals surface area contributed by atoms with Crippen LogP contribution >= 0.6 is 0 Å². The third-order valence-electron chi connectivity index (χ3n) is 2.95. The minimum absolute atomic E-state index is 0.0713. The van der Waals surface area contributed by atoms with E-state index in [1.807, 2.05) is 36.8 Å². The van der Waals surface area contributed by atoms with Crippen LogP contribution in [-0.4, -0.2) is 15.1 Å². The van der Waals surface area contributed by atoms with Crippen molar-refractivity contribution in [1.82, 2.24) is 14.7 Å². The predicted octanol–water partition coefficient (Wildman–Crippen LogP) is 0.134. The summed E-state index contributed by atoms with van der Waals surface area (Å²) in [5.74, 6) is 4.37. The molecule has 0 aliphatic heterocycles. The molecule has 1 aromatic carbocycles. The van der Waals surface area contributed by atoms with E-state index in [-0.39, 0.29) is 18.7 Å². The molecule has 0 saturated carbocycles. The van der Waals surface area contributed by atoms with E-state index in [1.54, 1.807) is 9.13 Å². The largest absolute Gasteiger partial charge is 0.356 e. The summed E-state index contributed by atoms with van der Waals surface area (Å²) in [6, 6.07) is 7.48. The fraction of sp³-hybridized carbons (Fsp3) is 0.333. The van der Waals surface area contributed by atoms with Crippen LogP contribution < -0.4 is 17.1 Å². The number of nitrogens with zero attached hydrogens (tertiary/aromatic N) is 2. The lowest BCUT2D eigenvalue weighted by molar-refractivity contribution is -0.151. The molecule has 0 fully saturated rings. The maximum Gasteiger partial charge on any atom is 0.329 e. The summed E-state index contributed by atoms with van der Waals surface area (Å²) in [4.78, 5) is 27.9. The normalized spacial score (nSPS) is 10.8. The SMILES string of the molecule is CCn1c(=O)n(CCC(=O)ONN)c2ccccc21. The van der Waals surface area contributed by atoms with E-state index in [2.05, 4.69) is 4.84 Å². The zero-order chi connectivity index (χ0) is 13.8. The van der Waals surface area contributed by atoms with E-state index in [9.17, 15) is 9.59 Å². The number of aryl methyl sites for hydroxylation is 2. The van der Waals surface area contributed by atoms with Gasteiger partial charge in [0.2, 0.25) is 0 Å². The fourth-order valence-electron chi connectivity index (χ4n) is 2.11. The molecule has 0 aliphatic carbocycles. The van der Waals surface area contributed by atoms with Gasteiger partial charge in [-0.25, -0.2) is 10.6 Å². The summed E-state index contributed by atoms with van der Waals surface area (Å²) in [6.45, 7) is 2.75. The van der Waals surface area contributed by atoms with Crippen molar-refractivity contribution in [2.45, 2.75) is 26.4 Å². The Morgan fingerprint density at radius 2 is 1.95 bits per heavy atom. The molecule has 1 heterocycles. The number of carbonyl (C=O) groups is 1. The van der Waals surface area contributed by atoms with Crippen LogP contribution in [-0.2, 0) is 22.7 Å². The second-order valence-corrected chi connectivity index (χ2v) is 4.01. The minimum atomic E-state index is -0.511. The molecule has 102 valence electrons. The van der Waals surface area contributed by atoms with Gasteiger partial charge in [0.15, 0.2) is 0 Å². The quantitative estimate of drug-likeness (QED) is 0.592. The average Bonchev–Trinajstić information content (AvgIpc) is 2.68. The molecule has 7 heteroatoms. The van der Waals surface area contributed by atoms with Crippen LogP contribution in [0.3, 0.4) is 0 Å². The number of rotatable bonds is 5. The standard InChI is InChI=1S/C12H16N4O3/c1-2-15-9-5-3-4-6-10(9)16(12(15)18)8-7-11(17)19-14-13/h3-6,14H,2,7-8,13H2,1H3. The molecule has 3 N–H and O–H groups in total. The second-order valence-electron chi connectivity index (χ2n) is 4.01. The number of carbonyl (C=O) groups excluding carboxylic acids is 1. The third-order valence-corrected chi connectivity index (χ3v) is 2.95. The number of nitrogens with one attached hydrogen (secondary N) is 1. The molecule has 7 nitrogen and oxygen atoms in total. The molecule has 0 unspecified atom stereocenters. The first kappa shape index (κ1) is 13.3. The van der Waals surface area contributed by atoms with E-state index in [4.69, 9.17) is 5.84 Å². The molecule has 1 aromatic heterocycles. The lowest BCUT2D eigenvalue weighted by Gasteiger charge is -2.03. The van der Waals surface area contributed by atoms with Gasteiger partial charge in [0, 0.05) is 13.1 Å². The molecular weight excluding hydrogens is 248 g/mol. The number of aromatic nitrogens is 2. The van der Waals surface area contributed by atoms with Gasteiger partial charge in [0.1, 0.15) is 0 Å². The monoisotopic (exact) mass is 264 g/mol. The van der Waals surface area contributed by atoms with Crippen LogP contribution in [0.25, 0.3) is 11.0 Å². The van der Waals surface area contributed by atoms with Gasteiger partial charge in [0.25, 0.3) is 0 Å². The number of imidazole rings is 1. The number of hydrogen-bond acceptors (Lipinski definition) is 5. The highest BCUT2D eigenvalue weighted by atomic mass is 16.7. The van der Waals surface area contributed by atoms with Crippen LogP contribution in [0.4, 0.5) is 0 Å². The number of benzene rings is 1. The first-order valence-corrected chi connectivity index (χ1v) is 6.02. The Morgan fingerprint density at radius 3 is 2.53 bits per heavy atom. The van der Waals surface area contributed by atoms with Crippen molar-refractivity contribution < 1.29 is 9.63 Å². The number of nitrogens with two attached hydrogens (primary N) is 1. The smallest absolute Gasteiger partial charge is 0.329 e. The van der Waals surface area contributed by atoms with Gasteiger partial charge in [-0.3, -0.25) is 13.9 Å². The molecule has 0 radical (unpaired) electrons. The molecule has 0 saturated heterocycles. The number of fused-ring (bicyclic) bond motifs is 1. The molecule has 2 rings (SSSR count). The molecule has 2 aromatic rings. The van der Waals surface area contributed by atoms with Crippen molar-refractivity contribution in [1.29, 1.82) is 0 Å². The summed E-state index contributed by atoms with van der Waals surface area (Å²) in [5, 5.41) is 0. The van der Waals surface area contributed by atoms with E-state index >= 15 is 0 Å². The third kappa shape index (κ3) is 2.51. The highest BCUT2D eigenvalue weighted by Crippen LogP contribution is 2.12. The number of hydrazine groups is 1. The molecule has 0 spiro atoms. The average molecular weight is 264 g/mol. The zero-order valence-electron chi connectivity index (χ0n) is 10.6. The van der Waals surface area contributed by atoms with Gasteiger partial charge >= 0.3 is 11.7 Å². The van der Waals surface area contributed by atoms with Crippen LogP contribution in [0.15, 0.2) is 29.1 Å². The summed E-state index contributed by atoms with van der Waals surface area (Å²) < 4.78 is 3.23. The molecule has 0 amide bonds. The summed E-state index contributed by atoms with van der Waals surface area (Å²) in [7, 11) is 0. The van der Waals surface area contributed by atoms with Gasteiger partial charge < -0.3 is 4.84 Å². The van der Waals surface area contributed by atoms with Crippen LogP contribution in [0, 0.1) is 0 Å². The highest BCUT2D eigenvalue weighted by Gasteiger charge is 2.12. The van der Waals surface area contributed by atoms with Gasteiger partial charge in [-0.1, -0.05) is 17.7 Å². The van der Waals surface area contributed by atoms with Crippen molar-refractivity contribution in [3.05, 3.63) is 34.7 Å². The van der Waals surface area contributed by atoms with Crippen LogP contribution in [0.1, 0.15) is 13.3 Å². The number of para-hydroxylation sites is 2. The number of hydrogen-bond donors (Lipinski definition) is 2. The Morgan fingerprint density at radius 1 is 1.32 bits per heavy atom. The Balaban J connectivity index is 2.35. The molecule has 0 aliphatic rings. The van der Waals surface area contributed by atoms with Crippen molar-refractivity contribution >= 4 is 17.0 Å². The fourth-order valence-corrected chi connectivity index (χ4v) is 2.11. The van der Waals surface area contributed by atoms with Crippen LogP contribution in [0.5, 0.6) is 0 Å². The van der Waals surface area contributed by atoms with E-state index < -0.39 is 5.97 Å². The lowest BCUT2D eigenvalue weighted by Crippen LogP contribution is -2.28. The summed E-state index contributed by atoms with van der Waals surface area (Å²) >= 11 is 0. The minimum Gasteiger partial charge on any atom is -0.356 e. The Kier molecular flexibility index (Phi) is 3.98. The van der Waals surface area contributed by atoms with Crippen LogP contribution in [0.2, 0.25) is 0 Å². The summed E-state index contributed by atoms with van der Waals surface area (Å²) in [5.41, 5.74) is 3.37. The Hall–Kier alpha value is -2.12. The second kappa shape index (κ2) is 5.68.